The van der Waals surface area contributed by atoms with Gasteiger partial charge in [-0.15, -0.1) is 0 Å². The highest BCUT2D eigenvalue weighted by Crippen LogP contribution is 2.21. The monoisotopic (exact) mass is 325 g/mol. The number of esters is 1. The average molecular weight is 325 g/mol. The molecule has 5 nitrogen and oxygen atoms in total. The van der Waals surface area contributed by atoms with E-state index in [0.717, 1.165) is 12.0 Å². The smallest absolute Gasteiger partial charge is 0.342 e. The van der Waals surface area contributed by atoms with Crippen molar-refractivity contribution < 1.29 is 19.4 Å². The van der Waals surface area contributed by atoms with Gasteiger partial charge in [-0.2, -0.15) is 0 Å². The summed E-state index contributed by atoms with van der Waals surface area (Å²) in [6.45, 7) is 2.68. The van der Waals surface area contributed by atoms with Crippen molar-refractivity contribution in [2.45, 2.75) is 26.0 Å². The van der Waals surface area contributed by atoms with Gasteiger partial charge in [0.05, 0.1) is 0 Å². The molecule has 0 aromatic heterocycles. The molecule has 0 aliphatic carbocycles. The molecule has 1 aliphatic heterocycles. The van der Waals surface area contributed by atoms with Crippen LogP contribution in [0.3, 0.4) is 0 Å². The minimum absolute atomic E-state index is 0.0566. The first kappa shape index (κ1) is 16.1. The van der Waals surface area contributed by atoms with E-state index in [1.807, 2.05) is 18.2 Å². The van der Waals surface area contributed by atoms with Crippen molar-refractivity contribution >= 4 is 11.9 Å². The standard InChI is InChI=1S/C19H19NO4/c1-13(24-19(23)16-8-4-5-9-17(16)21)18(22)20-11-10-14-6-2-3-7-15(14)12-20/h2-9,13,21H,10-12H2,1H3/t13-/m1/s1. The Hall–Kier alpha value is -2.82. The second-order valence-electron chi connectivity index (χ2n) is 5.84. The van der Waals surface area contributed by atoms with Gasteiger partial charge in [0, 0.05) is 13.1 Å². The fraction of sp³-hybridized carbons (Fsp3) is 0.263. The Balaban J connectivity index is 1.65. The van der Waals surface area contributed by atoms with Gasteiger partial charge in [0.2, 0.25) is 0 Å². The molecule has 2 aromatic carbocycles. The molecule has 124 valence electrons. The number of hydrogen-bond donors (Lipinski definition) is 1. The van der Waals surface area contributed by atoms with Gasteiger partial charge in [-0.05, 0) is 36.6 Å². The van der Waals surface area contributed by atoms with Crippen LogP contribution in [0, 0.1) is 0 Å². The quantitative estimate of drug-likeness (QED) is 0.881. The molecular formula is C19H19NO4. The maximum absolute atomic E-state index is 12.5. The average Bonchev–Trinajstić information content (AvgIpc) is 2.60. The third kappa shape index (κ3) is 3.25. The van der Waals surface area contributed by atoms with Gasteiger partial charge < -0.3 is 14.7 Å². The number of para-hydroxylation sites is 1. The van der Waals surface area contributed by atoms with Gasteiger partial charge in [-0.1, -0.05) is 36.4 Å². The lowest BCUT2D eigenvalue weighted by Gasteiger charge is -2.30. The van der Waals surface area contributed by atoms with Crippen LogP contribution in [-0.4, -0.2) is 34.5 Å². The number of aromatic hydroxyl groups is 1. The van der Waals surface area contributed by atoms with E-state index in [2.05, 4.69) is 6.07 Å². The number of amides is 1. The van der Waals surface area contributed by atoms with Crippen molar-refractivity contribution in [3.63, 3.8) is 0 Å². The number of hydrogen-bond acceptors (Lipinski definition) is 4. The molecule has 1 aliphatic rings. The van der Waals surface area contributed by atoms with Crippen LogP contribution >= 0.6 is 0 Å². The maximum Gasteiger partial charge on any atom is 0.342 e. The Morgan fingerprint density at radius 2 is 1.75 bits per heavy atom. The van der Waals surface area contributed by atoms with Crippen molar-refractivity contribution in [1.29, 1.82) is 0 Å². The lowest BCUT2D eigenvalue weighted by molar-refractivity contribution is -0.140. The first-order valence-corrected chi connectivity index (χ1v) is 7.91. The van der Waals surface area contributed by atoms with Gasteiger partial charge in [-0.3, -0.25) is 4.79 Å². The molecule has 1 atom stereocenters. The summed E-state index contributed by atoms with van der Waals surface area (Å²) in [6, 6.07) is 14.1. The van der Waals surface area contributed by atoms with Crippen molar-refractivity contribution in [3.05, 3.63) is 65.2 Å². The molecule has 2 aromatic rings. The molecule has 0 radical (unpaired) electrons. The molecule has 0 bridgehead atoms. The first-order chi connectivity index (χ1) is 11.6. The Morgan fingerprint density at radius 1 is 1.08 bits per heavy atom. The summed E-state index contributed by atoms with van der Waals surface area (Å²) >= 11 is 0. The number of benzene rings is 2. The van der Waals surface area contributed by atoms with Crippen molar-refractivity contribution in [1.82, 2.24) is 4.90 Å². The van der Waals surface area contributed by atoms with Crippen LogP contribution in [0.4, 0.5) is 0 Å². The third-order valence-corrected chi connectivity index (χ3v) is 4.20. The number of nitrogens with zero attached hydrogens (tertiary/aromatic N) is 1. The summed E-state index contributed by atoms with van der Waals surface area (Å²) in [6.07, 6.45) is -0.107. The van der Waals surface area contributed by atoms with E-state index in [-0.39, 0.29) is 17.2 Å². The molecule has 1 amide bonds. The van der Waals surface area contributed by atoms with E-state index >= 15 is 0 Å². The molecule has 1 N–H and O–H groups in total. The summed E-state index contributed by atoms with van der Waals surface area (Å²) in [5.41, 5.74) is 2.43. The molecule has 5 heteroatoms. The van der Waals surface area contributed by atoms with Gasteiger partial charge in [0.1, 0.15) is 11.3 Å². The van der Waals surface area contributed by atoms with E-state index in [1.165, 1.54) is 17.7 Å². The van der Waals surface area contributed by atoms with Crippen molar-refractivity contribution in [3.8, 4) is 5.75 Å². The molecule has 0 fully saturated rings. The molecular weight excluding hydrogens is 306 g/mol. The van der Waals surface area contributed by atoms with E-state index in [4.69, 9.17) is 4.74 Å². The van der Waals surface area contributed by atoms with E-state index in [0.29, 0.717) is 13.1 Å². The Bertz CT molecular complexity index is 771. The molecule has 24 heavy (non-hydrogen) atoms. The SMILES string of the molecule is C[C@@H](OC(=O)c1ccccc1O)C(=O)N1CCc2ccccc2C1. The number of carbonyl (C=O) groups is 2. The lowest BCUT2D eigenvalue weighted by atomic mass is 9.99. The van der Waals surface area contributed by atoms with Crippen LogP contribution in [0.1, 0.15) is 28.4 Å². The fourth-order valence-corrected chi connectivity index (χ4v) is 2.86. The number of carbonyl (C=O) groups excluding carboxylic acids is 2. The maximum atomic E-state index is 12.5. The third-order valence-electron chi connectivity index (χ3n) is 4.20. The highest BCUT2D eigenvalue weighted by Gasteiger charge is 2.27. The minimum Gasteiger partial charge on any atom is -0.507 e. The highest BCUT2D eigenvalue weighted by atomic mass is 16.5. The Morgan fingerprint density at radius 3 is 2.50 bits per heavy atom. The minimum atomic E-state index is -0.901. The molecule has 3 rings (SSSR count). The van der Waals surface area contributed by atoms with Gasteiger partial charge in [-0.25, -0.2) is 4.79 Å². The molecule has 1 heterocycles. The van der Waals surface area contributed by atoms with E-state index in [9.17, 15) is 14.7 Å². The van der Waals surface area contributed by atoms with Crippen LogP contribution in [0.2, 0.25) is 0 Å². The Labute approximate surface area is 140 Å². The van der Waals surface area contributed by atoms with Crippen molar-refractivity contribution in [2.75, 3.05) is 6.54 Å². The second-order valence-corrected chi connectivity index (χ2v) is 5.84. The zero-order chi connectivity index (χ0) is 17.1. The van der Waals surface area contributed by atoms with Gasteiger partial charge >= 0.3 is 5.97 Å². The molecule has 0 spiro atoms. The topological polar surface area (TPSA) is 66.8 Å². The van der Waals surface area contributed by atoms with Crippen LogP contribution in [0.15, 0.2) is 48.5 Å². The van der Waals surface area contributed by atoms with Gasteiger partial charge in [0.15, 0.2) is 6.10 Å². The summed E-state index contributed by atoms with van der Waals surface area (Å²) in [5, 5.41) is 9.69. The molecule has 0 saturated heterocycles. The number of ether oxygens (including phenoxy) is 1. The fourth-order valence-electron chi connectivity index (χ4n) is 2.86. The Kier molecular flexibility index (Phi) is 4.51. The normalized spacial score (nSPS) is 14.6. The second kappa shape index (κ2) is 6.74. The highest BCUT2D eigenvalue weighted by molar-refractivity contribution is 5.94. The first-order valence-electron chi connectivity index (χ1n) is 7.91. The zero-order valence-electron chi connectivity index (χ0n) is 13.4. The summed E-state index contributed by atoms with van der Waals surface area (Å²) in [7, 11) is 0. The van der Waals surface area contributed by atoms with E-state index < -0.39 is 12.1 Å². The van der Waals surface area contributed by atoms with Crippen LogP contribution in [0.25, 0.3) is 0 Å². The van der Waals surface area contributed by atoms with Crippen LogP contribution < -0.4 is 0 Å². The van der Waals surface area contributed by atoms with Gasteiger partial charge in [0.25, 0.3) is 5.91 Å². The predicted octanol–water partition coefficient (Wildman–Crippen LogP) is 2.52. The summed E-state index contributed by atoms with van der Waals surface area (Å²) in [5.74, 6) is -1.09. The number of fused-ring (bicyclic) bond motifs is 1. The number of phenolic OH excluding ortho intramolecular Hbond substituents is 1. The zero-order valence-corrected chi connectivity index (χ0v) is 13.4. The van der Waals surface area contributed by atoms with Crippen LogP contribution in [0.5, 0.6) is 5.75 Å². The lowest BCUT2D eigenvalue weighted by Crippen LogP contribution is -2.42. The van der Waals surface area contributed by atoms with Crippen LogP contribution in [-0.2, 0) is 22.5 Å². The predicted molar refractivity (Wildman–Crippen MR) is 88.5 cm³/mol. The molecule has 0 saturated carbocycles. The summed E-state index contributed by atoms with van der Waals surface area (Å²) < 4.78 is 5.23. The van der Waals surface area contributed by atoms with Crippen molar-refractivity contribution in [2.24, 2.45) is 0 Å². The number of rotatable bonds is 3. The summed E-state index contributed by atoms with van der Waals surface area (Å²) in [4.78, 5) is 26.4. The largest absolute Gasteiger partial charge is 0.507 e. The number of phenols is 1. The van der Waals surface area contributed by atoms with E-state index in [1.54, 1.807) is 24.0 Å². The molecule has 0 unspecified atom stereocenters.